The second-order valence-corrected chi connectivity index (χ2v) is 13.4. The maximum Gasteiger partial charge on any atom is 0.0582 e. The number of anilines is 3. The van der Waals surface area contributed by atoms with Gasteiger partial charge < -0.3 is 9.47 Å². The first kappa shape index (κ1) is 26.4. The molecule has 0 bridgehead atoms. The zero-order valence-corrected chi connectivity index (χ0v) is 26.4. The minimum Gasteiger partial charge on any atom is -0.309 e. The fraction of sp³-hybridized carbons (Fsp3) is 0.0667. The van der Waals surface area contributed by atoms with Crippen LogP contribution in [0.15, 0.2) is 158 Å². The second kappa shape index (κ2) is 9.57. The van der Waals surface area contributed by atoms with Gasteiger partial charge in [0.25, 0.3) is 0 Å². The highest BCUT2D eigenvalue weighted by molar-refractivity contribution is 6.17. The Morgan fingerprint density at radius 1 is 0.447 bits per heavy atom. The van der Waals surface area contributed by atoms with Gasteiger partial charge >= 0.3 is 0 Å². The molecule has 0 radical (unpaired) electrons. The molecule has 0 N–H and O–H groups in total. The topological polar surface area (TPSA) is 8.17 Å². The number of benzene rings is 8. The summed E-state index contributed by atoms with van der Waals surface area (Å²) in [5.41, 5.74) is 9.96. The monoisotopic (exact) mass is 600 g/mol. The van der Waals surface area contributed by atoms with E-state index in [2.05, 4.69) is 181 Å². The minimum absolute atomic E-state index is 0.0949. The Hall–Kier alpha value is -5.86. The maximum absolute atomic E-state index is 2.50. The van der Waals surface area contributed by atoms with Crippen LogP contribution >= 0.6 is 0 Å². The molecular weight excluding hydrogens is 569 g/mol. The predicted molar refractivity (Wildman–Crippen MR) is 200 cm³/mol. The molecule has 2 nitrogen and oxygen atoms in total. The van der Waals surface area contributed by atoms with Gasteiger partial charge in [0.2, 0.25) is 0 Å². The molecule has 47 heavy (non-hydrogen) atoms. The molecule has 2 heterocycles. The largest absolute Gasteiger partial charge is 0.309 e. The fourth-order valence-corrected chi connectivity index (χ4v) is 8.32. The van der Waals surface area contributed by atoms with E-state index in [1.54, 1.807) is 0 Å². The van der Waals surface area contributed by atoms with E-state index >= 15 is 0 Å². The van der Waals surface area contributed by atoms with Gasteiger partial charge in [0.15, 0.2) is 0 Å². The van der Waals surface area contributed by atoms with Gasteiger partial charge in [-0.1, -0.05) is 135 Å². The van der Waals surface area contributed by atoms with Crippen LogP contribution in [0.4, 0.5) is 17.1 Å². The van der Waals surface area contributed by atoms with Crippen molar-refractivity contribution in [2.45, 2.75) is 19.3 Å². The van der Waals surface area contributed by atoms with E-state index in [1.807, 2.05) is 0 Å². The van der Waals surface area contributed by atoms with E-state index in [0.29, 0.717) is 0 Å². The molecule has 2 heteroatoms. The third-order valence-corrected chi connectivity index (χ3v) is 10.5. The van der Waals surface area contributed by atoms with Gasteiger partial charge in [0.1, 0.15) is 0 Å². The van der Waals surface area contributed by atoms with Crippen molar-refractivity contribution >= 4 is 71.2 Å². The normalized spacial score (nSPS) is 13.5. The number of rotatable bonds is 3. The highest BCUT2D eigenvalue weighted by Crippen LogP contribution is 2.49. The molecule has 0 fully saturated rings. The van der Waals surface area contributed by atoms with Gasteiger partial charge in [0.05, 0.1) is 28.1 Å². The van der Waals surface area contributed by atoms with Crippen molar-refractivity contribution in [1.82, 2.24) is 4.57 Å². The highest BCUT2D eigenvalue weighted by atomic mass is 15.1. The van der Waals surface area contributed by atoms with Crippen molar-refractivity contribution in [2.75, 3.05) is 4.90 Å². The van der Waals surface area contributed by atoms with E-state index in [9.17, 15) is 0 Å². The van der Waals surface area contributed by atoms with Crippen molar-refractivity contribution in [3.63, 3.8) is 0 Å². The molecule has 0 aliphatic carbocycles. The highest BCUT2D eigenvalue weighted by Gasteiger charge is 2.35. The Morgan fingerprint density at radius 3 is 1.96 bits per heavy atom. The van der Waals surface area contributed by atoms with Gasteiger partial charge in [-0.15, -0.1) is 0 Å². The van der Waals surface area contributed by atoms with Crippen molar-refractivity contribution in [1.29, 1.82) is 0 Å². The first-order valence-electron chi connectivity index (χ1n) is 16.5. The lowest BCUT2D eigenvalue weighted by Crippen LogP contribution is -2.26. The van der Waals surface area contributed by atoms with E-state index < -0.39 is 0 Å². The minimum atomic E-state index is -0.0949. The quantitative estimate of drug-likeness (QED) is 0.183. The molecular formula is C45H32N2. The number of hydrogen-bond acceptors (Lipinski definition) is 1. The Balaban J connectivity index is 1.33. The molecule has 1 aromatic heterocycles. The summed E-state index contributed by atoms with van der Waals surface area (Å²) in [5.74, 6) is 0. The molecule has 8 aromatic carbocycles. The van der Waals surface area contributed by atoms with E-state index in [0.717, 1.165) is 5.69 Å². The van der Waals surface area contributed by atoms with Crippen molar-refractivity contribution in [3.8, 4) is 5.69 Å². The molecule has 0 atom stereocenters. The van der Waals surface area contributed by atoms with Crippen molar-refractivity contribution in [2.24, 2.45) is 0 Å². The van der Waals surface area contributed by atoms with Gasteiger partial charge in [-0.05, 0) is 69.1 Å². The third kappa shape index (κ3) is 3.61. The summed E-state index contributed by atoms with van der Waals surface area (Å²) in [6.07, 6.45) is 0. The molecule has 10 rings (SSSR count). The van der Waals surface area contributed by atoms with Crippen LogP contribution in [0, 0.1) is 0 Å². The Bertz CT molecular complexity index is 2720. The number of aromatic nitrogens is 1. The summed E-state index contributed by atoms with van der Waals surface area (Å²) >= 11 is 0. The Labute approximate surface area is 273 Å². The van der Waals surface area contributed by atoms with Crippen LogP contribution in [0.5, 0.6) is 0 Å². The molecule has 0 saturated carbocycles. The Kier molecular flexibility index (Phi) is 5.37. The Morgan fingerprint density at radius 2 is 1.09 bits per heavy atom. The zero-order chi connectivity index (χ0) is 31.3. The summed E-state index contributed by atoms with van der Waals surface area (Å²) in [4.78, 5) is 2.49. The van der Waals surface area contributed by atoms with E-state index in [-0.39, 0.29) is 5.41 Å². The SMILES string of the molecule is CC1(C)c2ccccc2-n2c3ccc(N(c4cccc5ccccc45)c4cc5ccccc5c5ccccc45)cc3c3cccc1c32. The summed E-state index contributed by atoms with van der Waals surface area (Å²) in [6, 6.07) is 58.2. The molecule has 1 aliphatic heterocycles. The van der Waals surface area contributed by atoms with Gasteiger partial charge in [0, 0.05) is 32.6 Å². The average molecular weight is 601 g/mol. The second-order valence-electron chi connectivity index (χ2n) is 13.4. The summed E-state index contributed by atoms with van der Waals surface area (Å²) in [6.45, 7) is 4.72. The molecule has 222 valence electrons. The zero-order valence-electron chi connectivity index (χ0n) is 26.4. The molecule has 9 aromatic rings. The summed E-state index contributed by atoms with van der Waals surface area (Å²) in [5, 5.41) is 10.0. The molecule has 0 spiro atoms. The van der Waals surface area contributed by atoms with Crippen molar-refractivity contribution < 1.29 is 0 Å². The molecule has 1 aliphatic rings. The molecule has 0 unspecified atom stereocenters. The number of hydrogen-bond donors (Lipinski definition) is 0. The lowest BCUT2D eigenvalue weighted by atomic mass is 9.75. The summed E-state index contributed by atoms with van der Waals surface area (Å²) < 4.78 is 2.50. The third-order valence-electron chi connectivity index (χ3n) is 10.5. The number of para-hydroxylation sites is 2. The lowest BCUT2D eigenvalue weighted by Gasteiger charge is -2.34. The van der Waals surface area contributed by atoms with E-state index in [4.69, 9.17) is 0 Å². The van der Waals surface area contributed by atoms with Crippen LogP contribution in [-0.4, -0.2) is 4.57 Å². The van der Waals surface area contributed by atoms with Crippen LogP contribution in [-0.2, 0) is 5.41 Å². The number of nitrogens with zero attached hydrogens (tertiary/aromatic N) is 2. The number of fused-ring (bicyclic) bond motifs is 9. The fourth-order valence-electron chi connectivity index (χ4n) is 8.32. The maximum atomic E-state index is 2.50. The van der Waals surface area contributed by atoms with E-state index in [1.165, 1.54) is 82.3 Å². The van der Waals surface area contributed by atoms with Crippen LogP contribution in [0.1, 0.15) is 25.0 Å². The lowest BCUT2D eigenvalue weighted by molar-refractivity contribution is 0.630. The van der Waals surface area contributed by atoms with Crippen LogP contribution < -0.4 is 4.90 Å². The first-order chi connectivity index (χ1) is 23.1. The summed E-state index contributed by atoms with van der Waals surface area (Å²) in [7, 11) is 0. The van der Waals surface area contributed by atoms with Crippen molar-refractivity contribution in [3.05, 3.63) is 169 Å². The smallest absolute Gasteiger partial charge is 0.0582 e. The molecule has 0 amide bonds. The predicted octanol–water partition coefficient (Wildman–Crippen LogP) is 12.4. The first-order valence-corrected chi connectivity index (χ1v) is 16.5. The average Bonchev–Trinajstić information content (AvgIpc) is 3.45. The standard InChI is InChI=1S/C45H32N2/c1-45(2)38-21-9-10-23-42(38)47-41-26-25-31(28-37(41)36-20-12-22-39(45)44(36)47)46(40-24-11-15-29-13-3-6-17-33(29)40)43-27-30-14-4-5-16-32(30)34-18-7-8-19-35(34)43/h3-28H,1-2H3. The van der Waals surface area contributed by atoms with Crippen LogP contribution in [0.2, 0.25) is 0 Å². The van der Waals surface area contributed by atoms with Gasteiger partial charge in [-0.3, -0.25) is 0 Å². The van der Waals surface area contributed by atoms with Gasteiger partial charge in [-0.2, -0.15) is 0 Å². The van der Waals surface area contributed by atoms with Gasteiger partial charge in [-0.25, -0.2) is 0 Å². The molecule has 0 saturated heterocycles. The van der Waals surface area contributed by atoms with Crippen LogP contribution in [0.25, 0.3) is 59.8 Å². The van der Waals surface area contributed by atoms with Crippen LogP contribution in [0.3, 0.4) is 0 Å².